The molecule has 0 fully saturated rings. The fourth-order valence-electron chi connectivity index (χ4n) is 1.63. The van der Waals surface area contributed by atoms with Crippen molar-refractivity contribution in [2.75, 3.05) is 13.7 Å². The van der Waals surface area contributed by atoms with E-state index in [9.17, 15) is 8.42 Å². The molecule has 0 aliphatic carbocycles. The van der Waals surface area contributed by atoms with Crippen molar-refractivity contribution in [3.8, 4) is 5.88 Å². The average Bonchev–Trinajstić information content (AvgIpc) is 2.96. The van der Waals surface area contributed by atoms with E-state index >= 15 is 0 Å². The van der Waals surface area contributed by atoms with Crippen molar-refractivity contribution in [1.82, 2.24) is 9.71 Å². The highest BCUT2D eigenvalue weighted by Crippen LogP contribution is 2.22. The molecular formula is C13H16N2O4S2. The van der Waals surface area contributed by atoms with E-state index in [2.05, 4.69) is 9.71 Å². The number of nitrogens with one attached hydrogen (secondary N) is 1. The summed E-state index contributed by atoms with van der Waals surface area (Å²) in [5, 5.41) is 8.85. The van der Waals surface area contributed by atoms with Gasteiger partial charge in [-0.25, -0.2) is 18.1 Å². The summed E-state index contributed by atoms with van der Waals surface area (Å²) in [7, 11) is -2.02. The molecule has 0 radical (unpaired) electrons. The first kappa shape index (κ1) is 15.9. The predicted molar refractivity (Wildman–Crippen MR) is 79.9 cm³/mol. The number of nitrogens with zero attached hydrogens (tertiary/aromatic N) is 1. The first-order valence-electron chi connectivity index (χ1n) is 6.23. The maximum absolute atomic E-state index is 12.1. The van der Waals surface area contributed by atoms with Crippen LogP contribution in [0.4, 0.5) is 0 Å². The number of pyridine rings is 1. The Balaban J connectivity index is 2.02. The van der Waals surface area contributed by atoms with Crippen molar-refractivity contribution >= 4 is 21.4 Å². The lowest BCUT2D eigenvalue weighted by atomic mass is 10.3. The molecule has 6 nitrogen and oxygen atoms in total. The fraction of sp³-hybridized carbons (Fsp3) is 0.308. The lowest BCUT2D eigenvalue weighted by molar-refractivity contribution is 0.300. The van der Waals surface area contributed by atoms with Crippen LogP contribution in [0.5, 0.6) is 5.88 Å². The second-order valence-corrected chi connectivity index (χ2v) is 7.39. The summed E-state index contributed by atoms with van der Waals surface area (Å²) in [6.45, 7) is 0.164. The maximum atomic E-state index is 12.1. The summed E-state index contributed by atoms with van der Waals surface area (Å²) in [6.07, 6.45) is 2.02. The molecule has 0 bridgehead atoms. The highest BCUT2D eigenvalue weighted by atomic mass is 32.2. The minimum atomic E-state index is -3.54. The molecule has 21 heavy (non-hydrogen) atoms. The van der Waals surface area contributed by atoms with E-state index in [1.165, 1.54) is 7.11 Å². The van der Waals surface area contributed by atoms with Crippen molar-refractivity contribution < 1.29 is 18.3 Å². The Morgan fingerprint density at radius 3 is 2.76 bits per heavy atom. The van der Waals surface area contributed by atoms with Gasteiger partial charge in [0.25, 0.3) is 0 Å². The molecule has 0 saturated heterocycles. The molecule has 0 unspecified atom stereocenters. The van der Waals surface area contributed by atoms with Gasteiger partial charge in [-0.15, -0.1) is 11.3 Å². The molecule has 0 amide bonds. The standard InChI is InChI=1S/C13H16N2O4S2/c1-19-12-4-2-10(8-14-12)9-15-21(17,18)13-5-3-11(20-13)6-7-16/h2-5,8,15-16H,6-7,9H2,1H3. The number of thiophene rings is 1. The van der Waals surface area contributed by atoms with Crippen molar-refractivity contribution in [2.45, 2.75) is 17.2 Å². The zero-order valence-electron chi connectivity index (χ0n) is 11.4. The SMILES string of the molecule is COc1ccc(CNS(=O)(=O)c2ccc(CCO)s2)cn1. The highest BCUT2D eigenvalue weighted by molar-refractivity contribution is 7.91. The van der Waals surface area contributed by atoms with E-state index < -0.39 is 10.0 Å². The summed E-state index contributed by atoms with van der Waals surface area (Å²) in [4.78, 5) is 4.85. The van der Waals surface area contributed by atoms with Crippen LogP contribution in [-0.4, -0.2) is 32.2 Å². The Bertz CT molecular complexity index is 680. The predicted octanol–water partition coefficient (Wildman–Crippen LogP) is 1.17. The minimum absolute atomic E-state index is 0.00491. The smallest absolute Gasteiger partial charge is 0.250 e. The quantitative estimate of drug-likeness (QED) is 0.796. The second kappa shape index (κ2) is 6.99. The molecule has 2 heterocycles. The Kier molecular flexibility index (Phi) is 5.29. The van der Waals surface area contributed by atoms with Crippen molar-refractivity contribution in [1.29, 1.82) is 0 Å². The van der Waals surface area contributed by atoms with Crippen LogP contribution in [0.3, 0.4) is 0 Å². The van der Waals surface area contributed by atoms with Crippen molar-refractivity contribution in [3.05, 3.63) is 40.9 Å². The number of methoxy groups -OCH3 is 1. The summed E-state index contributed by atoms with van der Waals surface area (Å²) in [6, 6.07) is 6.68. The summed E-state index contributed by atoms with van der Waals surface area (Å²) < 4.78 is 32.0. The number of rotatable bonds is 7. The van der Waals surface area contributed by atoms with Gasteiger partial charge in [0.1, 0.15) is 4.21 Å². The Labute approximate surface area is 127 Å². The Hall–Kier alpha value is -1.48. The van der Waals surface area contributed by atoms with E-state index in [1.807, 2.05) is 0 Å². The first-order chi connectivity index (χ1) is 10.0. The molecule has 0 atom stereocenters. The van der Waals surface area contributed by atoms with Gasteiger partial charge in [0.15, 0.2) is 0 Å². The summed E-state index contributed by atoms with van der Waals surface area (Å²) >= 11 is 1.16. The van der Waals surface area contributed by atoms with Crippen LogP contribution in [0.15, 0.2) is 34.7 Å². The number of aromatic nitrogens is 1. The van der Waals surface area contributed by atoms with E-state index in [0.29, 0.717) is 12.3 Å². The van der Waals surface area contributed by atoms with Crippen LogP contribution in [0, 0.1) is 0 Å². The van der Waals surface area contributed by atoms with Gasteiger partial charge in [-0.3, -0.25) is 0 Å². The molecule has 0 aliphatic heterocycles. The third-order valence-corrected chi connectivity index (χ3v) is 5.77. The zero-order valence-corrected chi connectivity index (χ0v) is 13.1. The molecule has 0 spiro atoms. The number of sulfonamides is 1. The van der Waals surface area contributed by atoms with Crippen LogP contribution in [-0.2, 0) is 23.0 Å². The molecule has 8 heteroatoms. The topological polar surface area (TPSA) is 88.5 Å². The molecule has 2 N–H and O–H groups in total. The van der Waals surface area contributed by atoms with Gasteiger partial charge in [0.2, 0.25) is 15.9 Å². The third-order valence-electron chi connectivity index (χ3n) is 2.73. The van der Waals surface area contributed by atoms with Gasteiger partial charge in [0.05, 0.1) is 7.11 Å². The minimum Gasteiger partial charge on any atom is -0.481 e. The van der Waals surface area contributed by atoms with Crippen LogP contribution in [0.25, 0.3) is 0 Å². The number of aliphatic hydroxyl groups excluding tert-OH is 1. The van der Waals surface area contributed by atoms with Crippen LogP contribution < -0.4 is 9.46 Å². The van der Waals surface area contributed by atoms with E-state index in [-0.39, 0.29) is 17.4 Å². The van der Waals surface area contributed by atoms with Crippen LogP contribution >= 0.6 is 11.3 Å². The first-order valence-corrected chi connectivity index (χ1v) is 8.53. The Morgan fingerprint density at radius 2 is 2.14 bits per heavy atom. The van der Waals surface area contributed by atoms with Crippen molar-refractivity contribution in [3.63, 3.8) is 0 Å². The number of aliphatic hydroxyl groups is 1. The Morgan fingerprint density at radius 1 is 1.33 bits per heavy atom. The largest absolute Gasteiger partial charge is 0.481 e. The van der Waals surface area contributed by atoms with Gasteiger partial charge < -0.3 is 9.84 Å². The van der Waals surface area contributed by atoms with Crippen molar-refractivity contribution in [2.24, 2.45) is 0 Å². The summed E-state index contributed by atoms with van der Waals surface area (Å²) in [5.41, 5.74) is 0.742. The lowest BCUT2D eigenvalue weighted by Gasteiger charge is -2.05. The second-order valence-electron chi connectivity index (χ2n) is 4.23. The molecule has 2 rings (SSSR count). The molecule has 2 aromatic rings. The lowest BCUT2D eigenvalue weighted by Crippen LogP contribution is -2.22. The van der Waals surface area contributed by atoms with Gasteiger partial charge >= 0.3 is 0 Å². The van der Waals surface area contributed by atoms with Gasteiger partial charge in [-0.1, -0.05) is 6.07 Å². The average molecular weight is 328 g/mol. The number of ether oxygens (including phenoxy) is 1. The highest BCUT2D eigenvalue weighted by Gasteiger charge is 2.16. The van der Waals surface area contributed by atoms with Crippen LogP contribution in [0.2, 0.25) is 0 Å². The fourth-order valence-corrected chi connectivity index (χ4v) is 4.04. The van der Waals surface area contributed by atoms with E-state index in [1.54, 1.807) is 30.5 Å². The van der Waals surface area contributed by atoms with Gasteiger partial charge in [0, 0.05) is 36.7 Å². The normalized spacial score (nSPS) is 11.5. The maximum Gasteiger partial charge on any atom is 0.250 e. The van der Waals surface area contributed by atoms with E-state index in [4.69, 9.17) is 9.84 Å². The number of hydrogen-bond donors (Lipinski definition) is 2. The molecule has 2 aromatic heterocycles. The number of hydrogen-bond acceptors (Lipinski definition) is 6. The van der Waals surface area contributed by atoms with Gasteiger partial charge in [-0.2, -0.15) is 0 Å². The monoisotopic (exact) mass is 328 g/mol. The van der Waals surface area contributed by atoms with E-state index in [0.717, 1.165) is 21.8 Å². The molecule has 0 aliphatic rings. The summed E-state index contributed by atoms with van der Waals surface area (Å²) in [5.74, 6) is 0.480. The molecule has 114 valence electrons. The molecule has 0 aromatic carbocycles. The molecule has 0 saturated carbocycles. The van der Waals surface area contributed by atoms with Crippen LogP contribution in [0.1, 0.15) is 10.4 Å². The third kappa shape index (κ3) is 4.24. The van der Waals surface area contributed by atoms with Gasteiger partial charge in [-0.05, 0) is 17.7 Å². The molecular weight excluding hydrogens is 312 g/mol. The zero-order chi connectivity index (χ0) is 15.3.